The standard InChI is InChI=1S/C14H16BrN3/c1-9(7-16)12-13(14(2,3)4)17-11-6-5-10(15)8-18(11)12/h5-6,8-9H,1-4H3. The van der Waals surface area contributed by atoms with E-state index in [0.717, 1.165) is 21.5 Å². The summed E-state index contributed by atoms with van der Waals surface area (Å²) < 4.78 is 3.00. The van der Waals surface area contributed by atoms with E-state index in [2.05, 4.69) is 47.8 Å². The molecule has 1 atom stereocenters. The summed E-state index contributed by atoms with van der Waals surface area (Å²) in [6.07, 6.45) is 1.97. The minimum Gasteiger partial charge on any atom is -0.301 e. The third-order valence-electron chi connectivity index (χ3n) is 2.93. The van der Waals surface area contributed by atoms with Crippen LogP contribution in [0.3, 0.4) is 0 Å². The van der Waals surface area contributed by atoms with E-state index in [0.29, 0.717) is 0 Å². The summed E-state index contributed by atoms with van der Waals surface area (Å²) in [6, 6.07) is 6.25. The van der Waals surface area contributed by atoms with Crippen molar-refractivity contribution in [2.45, 2.75) is 39.0 Å². The van der Waals surface area contributed by atoms with Crippen LogP contribution in [0.5, 0.6) is 0 Å². The number of rotatable bonds is 1. The van der Waals surface area contributed by atoms with Crippen LogP contribution >= 0.6 is 15.9 Å². The molecule has 18 heavy (non-hydrogen) atoms. The van der Waals surface area contributed by atoms with Crippen LogP contribution in [0.2, 0.25) is 0 Å². The Morgan fingerprint density at radius 3 is 2.61 bits per heavy atom. The molecule has 2 rings (SSSR count). The molecule has 0 spiro atoms. The Kier molecular flexibility index (Phi) is 3.20. The lowest BCUT2D eigenvalue weighted by Gasteiger charge is -2.18. The van der Waals surface area contributed by atoms with Crippen molar-refractivity contribution in [3.63, 3.8) is 0 Å². The number of hydrogen-bond donors (Lipinski definition) is 0. The average Bonchev–Trinajstić information content (AvgIpc) is 2.66. The van der Waals surface area contributed by atoms with Crippen LogP contribution in [0.25, 0.3) is 5.65 Å². The molecular weight excluding hydrogens is 290 g/mol. The van der Waals surface area contributed by atoms with Gasteiger partial charge in [-0.1, -0.05) is 20.8 Å². The minimum atomic E-state index is -0.177. The number of halogens is 1. The van der Waals surface area contributed by atoms with Crippen molar-refractivity contribution in [2.75, 3.05) is 0 Å². The third kappa shape index (κ3) is 2.15. The number of pyridine rings is 1. The van der Waals surface area contributed by atoms with Gasteiger partial charge in [0.2, 0.25) is 0 Å². The van der Waals surface area contributed by atoms with Crippen LogP contribution in [0.1, 0.15) is 45.0 Å². The van der Waals surface area contributed by atoms with Crippen molar-refractivity contribution in [3.05, 3.63) is 34.2 Å². The van der Waals surface area contributed by atoms with E-state index in [4.69, 9.17) is 0 Å². The second-order valence-corrected chi connectivity index (χ2v) is 6.44. The van der Waals surface area contributed by atoms with Crippen LogP contribution in [0.15, 0.2) is 22.8 Å². The maximum atomic E-state index is 9.22. The molecule has 0 aliphatic carbocycles. The molecule has 0 radical (unpaired) electrons. The molecule has 2 aromatic heterocycles. The van der Waals surface area contributed by atoms with E-state index < -0.39 is 0 Å². The summed E-state index contributed by atoms with van der Waals surface area (Å²) in [5.74, 6) is -0.177. The highest BCUT2D eigenvalue weighted by atomic mass is 79.9. The Morgan fingerprint density at radius 1 is 1.39 bits per heavy atom. The maximum Gasteiger partial charge on any atom is 0.137 e. The van der Waals surface area contributed by atoms with E-state index >= 15 is 0 Å². The molecule has 2 aromatic rings. The van der Waals surface area contributed by atoms with Crippen molar-refractivity contribution in [3.8, 4) is 6.07 Å². The van der Waals surface area contributed by atoms with Gasteiger partial charge in [0, 0.05) is 16.1 Å². The molecule has 0 amide bonds. The average molecular weight is 306 g/mol. The number of nitriles is 1. The first-order chi connectivity index (χ1) is 8.34. The zero-order chi connectivity index (χ0) is 13.5. The Bertz CT molecular complexity index is 629. The first kappa shape index (κ1) is 13.1. The van der Waals surface area contributed by atoms with Gasteiger partial charge in [0.05, 0.1) is 23.4 Å². The van der Waals surface area contributed by atoms with E-state index in [1.807, 2.05) is 29.7 Å². The first-order valence-electron chi connectivity index (χ1n) is 5.92. The molecule has 0 aliphatic heterocycles. The second-order valence-electron chi connectivity index (χ2n) is 5.52. The molecule has 0 N–H and O–H groups in total. The van der Waals surface area contributed by atoms with E-state index in [1.165, 1.54) is 0 Å². The Morgan fingerprint density at radius 2 is 2.06 bits per heavy atom. The molecule has 0 fully saturated rings. The number of imidazole rings is 1. The lowest BCUT2D eigenvalue weighted by molar-refractivity contribution is 0.562. The number of hydrogen-bond acceptors (Lipinski definition) is 2. The quantitative estimate of drug-likeness (QED) is 0.798. The Balaban J connectivity index is 2.83. The van der Waals surface area contributed by atoms with Gasteiger partial charge in [0.15, 0.2) is 0 Å². The van der Waals surface area contributed by atoms with Crippen molar-refractivity contribution < 1.29 is 0 Å². The van der Waals surface area contributed by atoms with Crippen LogP contribution in [0.4, 0.5) is 0 Å². The highest BCUT2D eigenvalue weighted by Gasteiger charge is 2.26. The zero-order valence-corrected chi connectivity index (χ0v) is 12.6. The van der Waals surface area contributed by atoms with E-state index in [1.54, 1.807) is 0 Å². The zero-order valence-electron chi connectivity index (χ0n) is 11.0. The SMILES string of the molecule is CC(C#N)c1c(C(C)(C)C)nc2ccc(Br)cn12. The highest BCUT2D eigenvalue weighted by Crippen LogP contribution is 2.31. The molecule has 3 nitrogen and oxygen atoms in total. The Labute approximate surface area is 116 Å². The van der Waals surface area contributed by atoms with Gasteiger partial charge in [-0.15, -0.1) is 0 Å². The topological polar surface area (TPSA) is 41.1 Å². The van der Waals surface area contributed by atoms with Gasteiger partial charge in [-0.3, -0.25) is 0 Å². The molecule has 1 unspecified atom stereocenters. The summed E-state index contributed by atoms with van der Waals surface area (Å²) in [7, 11) is 0. The van der Waals surface area contributed by atoms with Gasteiger partial charge >= 0.3 is 0 Å². The highest BCUT2D eigenvalue weighted by molar-refractivity contribution is 9.10. The van der Waals surface area contributed by atoms with Crippen molar-refractivity contribution in [2.24, 2.45) is 0 Å². The number of nitrogens with zero attached hydrogens (tertiary/aromatic N) is 3. The van der Waals surface area contributed by atoms with Crippen LogP contribution in [0, 0.1) is 11.3 Å². The molecule has 0 bridgehead atoms. The molecule has 0 saturated heterocycles. The predicted octanol–water partition coefficient (Wildman–Crippen LogP) is 4.02. The number of fused-ring (bicyclic) bond motifs is 1. The summed E-state index contributed by atoms with van der Waals surface area (Å²) in [4.78, 5) is 4.69. The molecule has 2 heterocycles. The fourth-order valence-corrected chi connectivity index (χ4v) is 2.40. The number of aromatic nitrogens is 2. The van der Waals surface area contributed by atoms with Gasteiger partial charge in [-0.2, -0.15) is 5.26 Å². The van der Waals surface area contributed by atoms with Crippen molar-refractivity contribution in [1.82, 2.24) is 9.38 Å². The van der Waals surface area contributed by atoms with Crippen LogP contribution < -0.4 is 0 Å². The van der Waals surface area contributed by atoms with Crippen molar-refractivity contribution in [1.29, 1.82) is 5.26 Å². The molecule has 4 heteroatoms. The molecule has 0 aliphatic rings. The summed E-state index contributed by atoms with van der Waals surface area (Å²) in [5, 5.41) is 9.22. The molecule has 0 aromatic carbocycles. The summed E-state index contributed by atoms with van der Waals surface area (Å²) in [6.45, 7) is 8.28. The summed E-state index contributed by atoms with van der Waals surface area (Å²) >= 11 is 3.47. The van der Waals surface area contributed by atoms with Crippen molar-refractivity contribution >= 4 is 21.6 Å². The van der Waals surface area contributed by atoms with Gasteiger partial charge in [0.25, 0.3) is 0 Å². The van der Waals surface area contributed by atoms with Gasteiger partial charge < -0.3 is 4.40 Å². The Hall–Kier alpha value is -1.34. The van der Waals surface area contributed by atoms with E-state index in [-0.39, 0.29) is 11.3 Å². The monoisotopic (exact) mass is 305 g/mol. The smallest absolute Gasteiger partial charge is 0.137 e. The van der Waals surface area contributed by atoms with Crippen LogP contribution in [-0.4, -0.2) is 9.38 Å². The maximum absolute atomic E-state index is 9.22. The first-order valence-corrected chi connectivity index (χ1v) is 6.71. The fraction of sp³-hybridized carbons (Fsp3) is 0.429. The molecule has 94 valence electrons. The fourth-order valence-electron chi connectivity index (χ4n) is 2.06. The largest absolute Gasteiger partial charge is 0.301 e. The third-order valence-corrected chi connectivity index (χ3v) is 3.40. The van der Waals surface area contributed by atoms with E-state index in [9.17, 15) is 5.26 Å². The van der Waals surface area contributed by atoms with Crippen LogP contribution in [-0.2, 0) is 5.41 Å². The van der Waals surface area contributed by atoms with Gasteiger partial charge in [-0.25, -0.2) is 4.98 Å². The van der Waals surface area contributed by atoms with Gasteiger partial charge in [0.1, 0.15) is 5.65 Å². The predicted molar refractivity (Wildman–Crippen MR) is 75.6 cm³/mol. The summed E-state index contributed by atoms with van der Waals surface area (Å²) in [5.41, 5.74) is 2.80. The normalized spacial score (nSPS) is 13.6. The minimum absolute atomic E-state index is 0.0705. The lowest BCUT2D eigenvalue weighted by Crippen LogP contribution is -2.16. The molecular formula is C14H16BrN3. The second kappa shape index (κ2) is 4.40. The molecule has 0 saturated carbocycles. The lowest BCUT2D eigenvalue weighted by atomic mass is 9.88. The van der Waals surface area contributed by atoms with Gasteiger partial charge in [-0.05, 0) is 35.0 Å².